The molecular weight excluding hydrogens is 294 g/mol. The maximum atomic E-state index is 12.2. The molecule has 0 aliphatic heterocycles. The van der Waals surface area contributed by atoms with Gasteiger partial charge >= 0.3 is 0 Å². The minimum absolute atomic E-state index is 0.0543. The first-order valence-corrected chi connectivity index (χ1v) is 7.46. The zero-order valence-electron chi connectivity index (χ0n) is 11.1. The van der Waals surface area contributed by atoms with Crippen LogP contribution in [-0.2, 0) is 10.0 Å². The summed E-state index contributed by atoms with van der Waals surface area (Å²) in [5.74, 6) is 0. The molecule has 0 atom stereocenters. The van der Waals surface area contributed by atoms with E-state index in [1.54, 1.807) is 30.3 Å². The van der Waals surface area contributed by atoms with Gasteiger partial charge in [-0.05, 0) is 24.3 Å². The molecule has 7 nitrogen and oxygen atoms in total. The molecule has 0 saturated carbocycles. The van der Waals surface area contributed by atoms with Crippen molar-refractivity contribution >= 4 is 27.1 Å². The maximum Gasteiger partial charge on any atom is 0.292 e. The van der Waals surface area contributed by atoms with Crippen molar-refractivity contribution in [2.75, 3.05) is 17.1 Å². The summed E-state index contributed by atoms with van der Waals surface area (Å²) in [5, 5.41) is 13.5. The molecule has 0 radical (unpaired) electrons. The third-order valence-electron chi connectivity index (χ3n) is 2.77. The summed E-state index contributed by atoms with van der Waals surface area (Å²) in [4.78, 5) is 10.2. The van der Waals surface area contributed by atoms with Gasteiger partial charge in [-0.2, -0.15) is 0 Å². The second-order valence-electron chi connectivity index (χ2n) is 4.16. The van der Waals surface area contributed by atoms with Gasteiger partial charge in [-0.3, -0.25) is 14.8 Å². The van der Waals surface area contributed by atoms with Crippen LogP contribution in [0.2, 0.25) is 0 Å². The molecule has 0 aliphatic carbocycles. The molecule has 110 valence electrons. The van der Waals surface area contributed by atoms with Gasteiger partial charge in [-0.1, -0.05) is 18.2 Å². The monoisotopic (exact) mass is 307 g/mol. The van der Waals surface area contributed by atoms with Crippen LogP contribution in [0.25, 0.3) is 0 Å². The van der Waals surface area contributed by atoms with E-state index in [1.165, 1.54) is 19.2 Å². The van der Waals surface area contributed by atoms with Gasteiger partial charge < -0.3 is 5.32 Å². The lowest BCUT2D eigenvalue weighted by Crippen LogP contribution is -2.13. The summed E-state index contributed by atoms with van der Waals surface area (Å²) in [6.45, 7) is 0. The van der Waals surface area contributed by atoms with E-state index in [9.17, 15) is 18.5 Å². The fourth-order valence-corrected chi connectivity index (χ4v) is 2.85. The number of nitrogens with zero attached hydrogens (tertiary/aromatic N) is 1. The normalized spacial score (nSPS) is 10.9. The summed E-state index contributed by atoms with van der Waals surface area (Å²) in [7, 11) is -2.31. The molecule has 0 bridgehead atoms. The number of para-hydroxylation sites is 1. The topological polar surface area (TPSA) is 101 Å². The minimum Gasteiger partial charge on any atom is -0.383 e. The van der Waals surface area contributed by atoms with E-state index in [2.05, 4.69) is 10.0 Å². The highest BCUT2D eigenvalue weighted by Gasteiger charge is 2.20. The van der Waals surface area contributed by atoms with Crippen molar-refractivity contribution in [3.8, 4) is 0 Å². The highest BCUT2D eigenvalue weighted by molar-refractivity contribution is 7.92. The molecule has 0 fully saturated rings. The molecule has 2 rings (SSSR count). The zero-order valence-corrected chi connectivity index (χ0v) is 11.9. The summed E-state index contributed by atoms with van der Waals surface area (Å²) in [6.07, 6.45) is 0. The van der Waals surface area contributed by atoms with Gasteiger partial charge in [0.05, 0.1) is 9.82 Å². The average molecular weight is 307 g/mol. The van der Waals surface area contributed by atoms with Gasteiger partial charge in [0.25, 0.3) is 15.7 Å². The molecule has 0 unspecified atom stereocenters. The molecule has 0 heterocycles. The number of nitrogens with one attached hydrogen (secondary N) is 2. The average Bonchev–Trinajstić information content (AvgIpc) is 2.47. The zero-order chi connectivity index (χ0) is 15.5. The lowest BCUT2D eigenvalue weighted by Gasteiger charge is -2.09. The van der Waals surface area contributed by atoms with E-state index in [0.29, 0.717) is 5.69 Å². The molecule has 8 heteroatoms. The first-order valence-electron chi connectivity index (χ1n) is 5.98. The number of sulfonamides is 1. The highest BCUT2D eigenvalue weighted by atomic mass is 32.2. The van der Waals surface area contributed by atoms with Crippen LogP contribution < -0.4 is 10.0 Å². The van der Waals surface area contributed by atoms with Crippen LogP contribution in [0, 0.1) is 10.1 Å². The van der Waals surface area contributed by atoms with Gasteiger partial charge in [0.15, 0.2) is 0 Å². The maximum absolute atomic E-state index is 12.2. The molecular formula is C13H13N3O4S. The van der Waals surface area contributed by atoms with Crippen LogP contribution in [0.1, 0.15) is 0 Å². The summed E-state index contributed by atoms with van der Waals surface area (Å²) < 4.78 is 26.9. The van der Waals surface area contributed by atoms with Crippen LogP contribution in [0.3, 0.4) is 0 Å². The van der Waals surface area contributed by atoms with Crippen molar-refractivity contribution in [1.82, 2.24) is 0 Å². The fraction of sp³-hybridized carbons (Fsp3) is 0.0769. The van der Waals surface area contributed by atoms with E-state index in [0.717, 1.165) is 6.07 Å². The lowest BCUT2D eigenvalue weighted by atomic mass is 10.3. The summed E-state index contributed by atoms with van der Waals surface area (Å²) >= 11 is 0. The predicted molar refractivity (Wildman–Crippen MR) is 79.9 cm³/mol. The van der Waals surface area contributed by atoms with Crippen LogP contribution in [0.4, 0.5) is 17.1 Å². The second kappa shape index (κ2) is 5.80. The van der Waals surface area contributed by atoms with E-state index in [1.807, 2.05) is 0 Å². The van der Waals surface area contributed by atoms with Gasteiger partial charge in [0, 0.05) is 18.8 Å². The third-order valence-corrected chi connectivity index (χ3v) is 4.15. The smallest absolute Gasteiger partial charge is 0.292 e. The molecule has 2 N–H and O–H groups in total. The van der Waals surface area contributed by atoms with Crippen LogP contribution >= 0.6 is 0 Å². The first kappa shape index (κ1) is 14.8. The van der Waals surface area contributed by atoms with Crippen LogP contribution in [0.15, 0.2) is 53.4 Å². The Kier molecular flexibility index (Phi) is 4.08. The van der Waals surface area contributed by atoms with Gasteiger partial charge in [-0.25, -0.2) is 8.42 Å². The van der Waals surface area contributed by atoms with E-state index in [-0.39, 0.29) is 16.3 Å². The molecule has 2 aromatic rings. The Hall–Kier alpha value is -2.61. The molecule has 21 heavy (non-hydrogen) atoms. The standard InChI is InChI=1S/C13H13N3O4S/c1-14-12-9-11(7-8-13(12)16(17)18)21(19,20)15-10-5-3-2-4-6-10/h2-9,14-15H,1H3. The summed E-state index contributed by atoms with van der Waals surface area (Å²) in [6, 6.07) is 12.0. The number of benzene rings is 2. The Morgan fingerprint density at radius 3 is 2.33 bits per heavy atom. The Morgan fingerprint density at radius 1 is 1.10 bits per heavy atom. The van der Waals surface area contributed by atoms with Crippen molar-refractivity contribution in [3.63, 3.8) is 0 Å². The Bertz CT molecular complexity index is 760. The SMILES string of the molecule is CNc1cc(S(=O)(=O)Nc2ccccc2)ccc1[N+](=O)[O-]. The van der Waals surface area contributed by atoms with Gasteiger partial charge in [0.1, 0.15) is 5.69 Å². The van der Waals surface area contributed by atoms with E-state index in [4.69, 9.17) is 0 Å². The number of nitro groups is 1. The van der Waals surface area contributed by atoms with E-state index >= 15 is 0 Å². The minimum atomic E-state index is -3.80. The Balaban J connectivity index is 2.39. The second-order valence-corrected chi connectivity index (χ2v) is 5.84. The lowest BCUT2D eigenvalue weighted by molar-refractivity contribution is -0.384. The molecule has 0 amide bonds. The van der Waals surface area contributed by atoms with Gasteiger partial charge in [0.2, 0.25) is 0 Å². The number of rotatable bonds is 5. The van der Waals surface area contributed by atoms with E-state index < -0.39 is 14.9 Å². The fourth-order valence-electron chi connectivity index (χ4n) is 1.76. The van der Waals surface area contributed by atoms with Crippen molar-refractivity contribution in [3.05, 3.63) is 58.6 Å². The Labute approximate surface area is 121 Å². The van der Waals surface area contributed by atoms with Crippen molar-refractivity contribution in [2.45, 2.75) is 4.90 Å². The largest absolute Gasteiger partial charge is 0.383 e. The van der Waals surface area contributed by atoms with Crippen molar-refractivity contribution in [1.29, 1.82) is 0 Å². The van der Waals surface area contributed by atoms with Gasteiger partial charge in [-0.15, -0.1) is 0 Å². The molecule has 0 aromatic heterocycles. The summed E-state index contributed by atoms with van der Waals surface area (Å²) in [5.41, 5.74) is 0.369. The molecule has 0 aliphatic rings. The third kappa shape index (κ3) is 3.29. The van der Waals surface area contributed by atoms with Crippen molar-refractivity contribution in [2.24, 2.45) is 0 Å². The quantitative estimate of drug-likeness (QED) is 0.652. The number of nitro benzene ring substituents is 1. The predicted octanol–water partition coefficient (Wildman–Crippen LogP) is 2.44. The molecule has 0 saturated heterocycles. The van der Waals surface area contributed by atoms with Crippen LogP contribution in [0.5, 0.6) is 0 Å². The highest BCUT2D eigenvalue weighted by Crippen LogP contribution is 2.27. The van der Waals surface area contributed by atoms with Crippen molar-refractivity contribution < 1.29 is 13.3 Å². The number of hydrogen-bond donors (Lipinski definition) is 2. The first-order chi connectivity index (χ1) is 9.94. The van der Waals surface area contributed by atoms with Crippen LogP contribution in [-0.4, -0.2) is 20.4 Å². The Morgan fingerprint density at radius 2 is 1.76 bits per heavy atom. The number of anilines is 2. The molecule has 2 aromatic carbocycles. The number of hydrogen-bond acceptors (Lipinski definition) is 5. The molecule has 0 spiro atoms.